The summed E-state index contributed by atoms with van der Waals surface area (Å²) in [5, 5.41) is 17.0. The standard InChI is InChI=1S/C9H8BF3O2/c11-9(12,13)8-3-1-2-7(6-8)4-5-10(14)15/h1-6,14-15H/b5-4+. The quantitative estimate of drug-likeness (QED) is 0.739. The van der Waals surface area contributed by atoms with E-state index in [0.717, 1.165) is 18.1 Å². The number of halogens is 3. The van der Waals surface area contributed by atoms with E-state index in [2.05, 4.69) is 0 Å². The second kappa shape index (κ2) is 4.50. The Labute approximate surface area is 84.8 Å². The molecule has 0 heterocycles. The average Bonchev–Trinajstić information content (AvgIpc) is 2.14. The molecular formula is C9H8BF3O2. The maximum Gasteiger partial charge on any atom is 0.480 e. The SMILES string of the molecule is OB(O)/C=C/c1cccc(C(F)(F)F)c1. The van der Waals surface area contributed by atoms with Gasteiger partial charge in [0.05, 0.1) is 5.56 Å². The lowest BCUT2D eigenvalue weighted by atomic mass is 9.90. The molecule has 0 saturated heterocycles. The Kier molecular flexibility index (Phi) is 3.54. The Bertz CT molecular complexity index is 361. The summed E-state index contributed by atoms with van der Waals surface area (Å²) in [6.07, 6.45) is -3.18. The van der Waals surface area contributed by atoms with E-state index in [4.69, 9.17) is 10.0 Å². The van der Waals surface area contributed by atoms with E-state index in [9.17, 15) is 13.2 Å². The first-order valence-electron chi connectivity index (χ1n) is 4.11. The molecule has 0 aliphatic carbocycles. The van der Waals surface area contributed by atoms with Gasteiger partial charge in [0.25, 0.3) is 0 Å². The summed E-state index contributed by atoms with van der Waals surface area (Å²) in [4.78, 5) is 0. The van der Waals surface area contributed by atoms with Crippen molar-refractivity contribution in [3.8, 4) is 0 Å². The van der Waals surface area contributed by atoms with Crippen LogP contribution in [0.1, 0.15) is 11.1 Å². The molecule has 0 aromatic heterocycles. The van der Waals surface area contributed by atoms with Gasteiger partial charge in [-0.1, -0.05) is 24.2 Å². The fourth-order valence-corrected chi connectivity index (χ4v) is 1.02. The molecule has 0 aliphatic heterocycles. The number of hydrogen-bond donors (Lipinski definition) is 2. The molecule has 2 N–H and O–H groups in total. The number of alkyl halides is 3. The van der Waals surface area contributed by atoms with Crippen molar-refractivity contribution < 1.29 is 23.2 Å². The van der Waals surface area contributed by atoms with Crippen LogP contribution >= 0.6 is 0 Å². The third-order valence-electron chi connectivity index (χ3n) is 1.67. The second-order valence-corrected chi connectivity index (χ2v) is 2.90. The highest BCUT2D eigenvalue weighted by Gasteiger charge is 2.30. The minimum Gasteiger partial charge on any atom is -0.424 e. The van der Waals surface area contributed by atoms with Gasteiger partial charge >= 0.3 is 13.3 Å². The third kappa shape index (κ3) is 3.77. The monoisotopic (exact) mass is 216 g/mol. The van der Waals surface area contributed by atoms with Gasteiger partial charge < -0.3 is 10.0 Å². The van der Waals surface area contributed by atoms with Crippen molar-refractivity contribution in [1.29, 1.82) is 0 Å². The Morgan fingerprint density at radius 3 is 2.40 bits per heavy atom. The Morgan fingerprint density at radius 2 is 1.87 bits per heavy atom. The van der Waals surface area contributed by atoms with Crippen molar-refractivity contribution in [3.63, 3.8) is 0 Å². The van der Waals surface area contributed by atoms with Crippen molar-refractivity contribution >= 4 is 13.2 Å². The van der Waals surface area contributed by atoms with E-state index < -0.39 is 18.9 Å². The molecule has 0 amide bonds. The van der Waals surface area contributed by atoms with E-state index >= 15 is 0 Å². The van der Waals surface area contributed by atoms with E-state index in [1.807, 2.05) is 0 Å². The maximum atomic E-state index is 12.2. The van der Waals surface area contributed by atoms with Crippen LogP contribution in [-0.2, 0) is 6.18 Å². The molecule has 1 aromatic carbocycles. The fraction of sp³-hybridized carbons (Fsp3) is 0.111. The molecular weight excluding hydrogens is 208 g/mol. The second-order valence-electron chi connectivity index (χ2n) is 2.90. The molecule has 0 saturated carbocycles. The highest BCUT2D eigenvalue weighted by molar-refractivity contribution is 6.48. The van der Waals surface area contributed by atoms with Crippen LogP contribution in [0, 0.1) is 0 Å². The average molecular weight is 216 g/mol. The lowest BCUT2D eigenvalue weighted by Gasteiger charge is -2.06. The number of hydrogen-bond acceptors (Lipinski definition) is 2. The first kappa shape index (κ1) is 11.8. The van der Waals surface area contributed by atoms with Gasteiger partial charge in [0.2, 0.25) is 0 Å². The van der Waals surface area contributed by atoms with Gasteiger partial charge in [-0.3, -0.25) is 0 Å². The molecule has 1 rings (SSSR count). The minimum atomic E-state index is -4.39. The molecule has 0 atom stereocenters. The summed E-state index contributed by atoms with van der Waals surface area (Å²) in [6, 6.07) is 4.58. The summed E-state index contributed by atoms with van der Waals surface area (Å²) in [6.45, 7) is 0. The van der Waals surface area contributed by atoms with Gasteiger partial charge in [-0.05, 0) is 17.7 Å². The largest absolute Gasteiger partial charge is 0.480 e. The summed E-state index contributed by atoms with van der Waals surface area (Å²) >= 11 is 0. The van der Waals surface area contributed by atoms with Gasteiger partial charge in [-0.25, -0.2) is 0 Å². The van der Waals surface area contributed by atoms with Gasteiger partial charge in [0.1, 0.15) is 0 Å². The van der Waals surface area contributed by atoms with Crippen LogP contribution in [-0.4, -0.2) is 17.2 Å². The summed E-state index contributed by atoms with van der Waals surface area (Å²) in [5.74, 6) is 0.982. The van der Waals surface area contributed by atoms with Crippen LogP contribution < -0.4 is 0 Å². The van der Waals surface area contributed by atoms with Crippen LogP contribution in [0.3, 0.4) is 0 Å². The summed E-state index contributed by atoms with van der Waals surface area (Å²) < 4.78 is 36.7. The molecule has 2 nitrogen and oxygen atoms in total. The molecule has 15 heavy (non-hydrogen) atoms. The zero-order valence-corrected chi connectivity index (χ0v) is 7.57. The number of rotatable bonds is 2. The molecule has 80 valence electrons. The Hall–Kier alpha value is -1.27. The van der Waals surface area contributed by atoms with Crippen LogP contribution in [0.15, 0.2) is 30.2 Å². The minimum absolute atomic E-state index is 0.262. The van der Waals surface area contributed by atoms with E-state index in [1.165, 1.54) is 18.2 Å². The first-order chi connectivity index (χ1) is 6.89. The topological polar surface area (TPSA) is 40.5 Å². The van der Waals surface area contributed by atoms with Crippen LogP contribution in [0.2, 0.25) is 0 Å². The lowest BCUT2D eigenvalue weighted by molar-refractivity contribution is -0.137. The molecule has 0 radical (unpaired) electrons. The van der Waals surface area contributed by atoms with Gasteiger partial charge in [0.15, 0.2) is 0 Å². The van der Waals surface area contributed by atoms with E-state index in [0.29, 0.717) is 0 Å². The Morgan fingerprint density at radius 1 is 1.20 bits per heavy atom. The number of benzene rings is 1. The summed E-state index contributed by atoms with van der Waals surface area (Å²) in [5.41, 5.74) is -0.505. The normalized spacial score (nSPS) is 12.1. The van der Waals surface area contributed by atoms with Crippen molar-refractivity contribution in [1.82, 2.24) is 0 Å². The molecule has 0 aliphatic rings. The maximum absolute atomic E-state index is 12.2. The van der Waals surface area contributed by atoms with Crippen molar-refractivity contribution in [3.05, 3.63) is 41.4 Å². The Balaban J connectivity index is 2.93. The van der Waals surface area contributed by atoms with E-state index in [1.54, 1.807) is 0 Å². The predicted molar refractivity (Wildman–Crippen MR) is 50.7 cm³/mol. The first-order valence-corrected chi connectivity index (χ1v) is 4.11. The smallest absolute Gasteiger partial charge is 0.424 e. The fourth-order valence-electron chi connectivity index (χ4n) is 1.02. The predicted octanol–water partition coefficient (Wildman–Crippen LogP) is 1.73. The summed E-state index contributed by atoms with van der Waals surface area (Å²) in [7, 11) is -1.67. The molecule has 6 heteroatoms. The van der Waals surface area contributed by atoms with Gasteiger partial charge in [-0.15, -0.1) is 0 Å². The zero-order valence-electron chi connectivity index (χ0n) is 7.57. The highest BCUT2D eigenvalue weighted by Crippen LogP contribution is 2.29. The molecule has 0 bridgehead atoms. The molecule has 0 unspecified atom stereocenters. The van der Waals surface area contributed by atoms with E-state index in [-0.39, 0.29) is 5.56 Å². The van der Waals surface area contributed by atoms with Crippen molar-refractivity contribution in [2.24, 2.45) is 0 Å². The highest BCUT2D eigenvalue weighted by atomic mass is 19.4. The van der Waals surface area contributed by atoms with Crippen LogP contribution in [0.5, 0.6) is 0 Å². The lowest BCUT2D eigenvalue weighted by Crippen LogP contribution is -2.06. The van der Waals surface area contributed by atoms with Gasteiger partial charge in [-0.2, -0.15) is 13.2 Å². The van der Waals surface area contributed by atoms with Crippen LogP contribution in [0.4, 0.5) is 13.2 Å². The zero-order chi connectivity index (χ0) is 11.5. The molecule has 1 aromatic rings. The van der Waals surface area contributed by atoms with Crippen LogP contribution in [0.25, 0.3) is 6.08 Å². The molecule has 0 fully saturated rings. The third-order valence-corrected chi connectivity index (χ3v) is 1.67. The van der Waals surface area contributed by atoms with Crippen molar-refractivity contribution in [2.45, 2.75) is 6.18 Å². The molecule has 0 spiro atoms. The van der Waals surface area contributed by atoms with Crippen molar-refractivity contribution in [2.75, 3.05) is 0 Å². The van der Waals surface area contributed by atoms with Gasteiger partial charge in [0, 0.05) is 0 Å².